The molecule has 1 aromatic rings. The second-order valence-corrected chi connectivity index (χ2v) is 5.40. The van der Waals surface area contributed by atoms with Gasteiger partial charge in [0.1, 0.15) is 5.51 Å². The van der Waals surface area contributed by atoms with Crippen LogP contribution >= 0.6 is 11.3 Å². The maximum atomic E-state index is 13.4. The van der Waals surface area contributed by atoms with E-state index < -0.39 is 46.8 Å². The van der Waals surface area contributed by atoms with Crippen molar-refractivity contribution in [2.24, 2.45) is 0 Å². The fourth-order valence-electron chi connectivity index (χ4n) is 1.32. The second kappa shape index (κ2) is 6.33. The molecule has 156 valence electrons. The van der Waals surface area contributed by atoms with Crippen molar-refractivity contribution in [3.8, 4) is 0 Å². The highest BCUT2D eigenvalue weighted by atomic mass is 32.1. The Morgan fingerprint density at radius 3 is 1.59 bits per heavy atom. The van der Waals surface area contributed by atoms with Gasteiger partial charge in [0.05, 0.1) is 0 Å². The predicted molar refractivity (Wildman–Crippen MR) is 59.3 cm³/mol. The Morgan fingerprint density at radius 1 is 0.778 bits per heavy atom. The largest absolute Gasteiger partial charge is 0.460 e. The van der Waals surface area contributed by atoms with Crippen LogP contribution in [0.2, 0.25) is 0 Å². The summed E-state index contributed by atoms with van der Waals surface area (Å²) in [5.74, 6) is -41.9. The van der Waals surface area contributed by atoms with Crippen LogP contribution in [0.25, 0.3) is 0 Å². The highest BCUT2D eigenvalue weighted by Crippen LogP contribution is 2.60. The topological polar surface area (TPSA) is 54.9 Å². The first-order chi connectivity index (χ1) is 11.7. The summed E-state index contributed by atoms with van der Waals surface area (Å²) >= 11 is 0.162. The lowest BCUT2D eigenvalue weighted by molar-refractivity contribution is -0.435. The van der Waals surface area contributed by atoms with E-state index in [-0.39, 0.29) is 11.3 Å². The maximum absolute atomic E-state index is 13.4. The number of hydrogen-bond acceptors (Lipinski definition) is 4. The van der Waals surface area contributed by atoms with Gasteiger partial charge in [-0.05, 0) is 0 Å². The molecule has 0 radical (unpaired) electrons. The van der Waals surface area contributed by atoms with E-state index in [9.17, 15) is 61.9 Å². The van der Waals surface area contributed by atoms with Gasteiger partial charge in [0, 0.05) is 0 Å². The van der Waals surface area contributed by atoms with E-state index in [1.807, 2.05) is 0 Å². The standard InChI is InChI=1S/C9H2F13N3OS/c10-4(11,2(26)24-3-25-23-1-27-3)5(12,13)6(14,15)7(16,17)8(18,19)9(20,21)22/h1H,(H,24,25,26). The first-order valence-corrected chi connectivity index (χ1v) is 6.66. The molecule has 18 heteroatoms. The van der Waals surface area contributed by atoms with Crippen LogP contribution in [0, 0.1) is 0 Å². The number of anilines is 1. The zero-order valence-corrected chi connectivity index (χ0v) is 12.5. The van der Waals surface area contributed by atoms with Crippen LogP contribution in [0.1, 0.15) is 0 Å². The van der Waals surface area contributed by atoms with Gasteiger partial charge in [-0.2, -0.15) is 57.1 Å². The molecule has 0 saturated carbocycles. The number of rotatable bonds is 6. The van der Waals surface area contributed by atoms with Gasteiger partial charge in [0.25, 0.3) is 0 Å². The van der Waals surface area contributed by atoms with Gasteiger partial charge in [-0.3, -0.25) is 10.1 Å². The van der Waals surface area contributed by atoms with Crippen LogP contribution in [-0.2, 0) is 4.79 Å². The summed E-state index contributed by atoms with van der Waals surface area (Å²) < 4.78 is 166. The number of hydrogen-bond donors (Lipinski definition) is 1. The molecule has 4 nitrogen and oxygen atoms in total. The van der Waals surface area contributed by atoms with Gasteiger partial charge in [-0.15, -0.1) is 10.2 Å². The number of halogens is 13. The Balaban J connectivity index is 3.38. The van der Waals surface area contributed by atoms with Crippen molar-refractivity contribution < 1.29 is 61.9 Å². The van der Waals surface area contributed by atoms with Crippen molar-refractivity contribution in [1.82, 2.24) is 10.2 Å². The van der Waals surface area contributed by atoms with Crippen molar-refractivity contribution >= 4 is 22.4 Å². The summed E-state index contributed by atoms with van der Waals surface area (Å²) in [6.07, 6.45) is -7.51. The van der Waals surface area contributed by atoms with Crippen LogP contribution < -0.4 is 5.32 Å². The van der Waals surface area contributed by atoms with E-state index in [0.29, 0.717) is 5.51 Å². The Hall–Kier alpha value is -1.88. The fraction of sp³-hybridized carbons (Fsp3) is 0.667. The summed E-state index contributed by atoms with van der Waals surface area (Å²) in [6.45, 7) is 0. The number of nitrogens with one attached hydrogen (secondary N) is 1. The molecule has 0 fully saturated rings. The van der Waals surface area contributed by atoms with Crippen molar-refractivity contribution in [2.45, 2.75) is 35.8 Å². The first-order valence-electron chi connectivity index (χ1n) is 5.78. The van der Waals surface area contributed by atoms with Crippen LogP contribution in [-0.4, -0.2) is 51.9 Å². The highest BCUT2D eigenvalue weighted by molar-refractivity contribution is 7.13. The quantitative estimate of drug-likeness (QED) is 0.665. The van der Waals surface area contributed by atoms with E-state index >= 15 is 0 Å². The average Bonchev–Trinajstić information content (AvgIpc) is 2.97. The van der Waals surface area contributed by atoms with E-state index in [1.165, 1.54) is 0 Å². The molecule has 27 heavy (non-hydrogen) atoms. The summed E-state index contributed by atoms with van der Waals surface area (Å²) in [4.78, 5) is 11.0. The minimum absolute atomic E-state index is 0.162. The van der Waals surface area contributed by atoms with Gasteiger partial charge >= 0.3 is 41.7 Å². The van der Waals surface area contributed by atoms with Gasteiger partial charge in [-0.25, -0.2) is 0 Å². The summed E-state index contributed by atoms with van der Waals surface area (Å²) in [5, 5.41) is 5.41. The van der Waals surface area contributed by atoms with E-state index in [1.54, 1.807) is 0 Å². The Morgan fingerprint density at radius 2 is 1.22 bits per heavy atom. The molecule has 0 spiro atoms. The molecule has 0 aromatic carbocycles. The Labute approximate surface area is 142 Å². The SMILES string of the molecule is O=C(Nc1nncs1)C(F)(F)C(F)(F)C(F)(F)C(F)(F)C(F)(F)C(F)(F)F. The molecule has 0 bridgehead atoms. The Kier molecular flexibility index (Phi) is 5.43. The molecule has 0 atom stereocenters. The van der Waals surface area contributed by atoms with Crippen LogP contribution in [0.5, 0.6) is 0 Å². The van der Waals surface area contributed by atoms with Gasteiger partial charge < -0.3 is 0 Å². The highest BCUT2D eigenvalue weighted by Gasteiger charge is 2.91. The zero-order chi connectivity index (χ0) is 21.7. The van der Waals surface area contributed by atoms with Crippen molar-refractivity contribution in [2.75, 3.05) is 5.32 Å². The molecule has 1 amide bonds. The molecule has 1 heterocycles. The molecule has 0 aliphatic carbocycles. The van der Waals surface area contributed by atoms with E-state index in [4.69, 9.17) is 0 Å². The van der Waals surface area contributed by atoms with Gasteiger partial charge in [0.15, 0.2) is 0 Å². The molecule has 1 rings (SSSR count). The number of nitrogens with zero attached hydrogens (tertiary/aromatic N) is 2. The third kappa shape index (κ3) is 3.27. The van der Waals surface area contributed by atoms with Gasteiger partial charge in [-0.1, -0.05) is 11.3 Å². The molecular formula is C9H2F13N3OS. The number of aromatic nitrogens is 2. The summed E-state index contributed by atoms with van der Waals surface area (Å²) in [7, 11) is 0. The monoisotopic (exact) mass is 447 g/mol. The molecule has 0 saturated heterocycles. The lowest BCUT2D eigenvalue weighted by Crippen LogP contribution is -2.71. The number of amides is 1. The predicted octanol–water partition coefficient (Wildman–Crippen LogP) is 4.22. The fourth-order valence-corrected chi connectivity index (χ4v) is 1.76. The number of carbonyl (C=O) groups excluding carboxylic acids is 1. The Bertz CT molecular complexity index is 684. The maximum Gasteiger partial charge on any atom is 0.460 e. The lowest BCUT2D eigenvalue weighted by atomic mass is 9.93. The minimum atomic E-state index is -8.06. The summed E-state index contributed by atoms with van der Waals surface area (Å²) in [6, 6.07) is 0. The van der Waals surface area contributed by atoms with Gasteiger partial charge in [0.2, 0.25) is 5.13 Å². The molecular weight excluding hydrogens is 445 g/mol. The van der Waals surface area contributed by atoms with E-state index in [0.717, 1.165) is 5.32 Å². The lowest BCUT2D eigenvalue weighted by Gasteiger charge is -2.39. The zero-order valence-electron chi connectivity index (χ0n) is 11.7. The third-order valence-electron chi connectivity index (χ3n) is 2.80. The molecule has 1 aromatic heterocycles. The third-order valence-corrected chi connectivity index (χ3v) is 3.41. The number of carbonyl (C=O) groups is 1. The smallest absolute Gasteiger partial charge is 0.295 e. The summed E-state index contributed by atoms with van der Waals surface area (Å²) in [5.41, 5.74) is 0.707. The molecule has 0 unspecified atom stereocenters. The van der Waals surface area contributed by atoms with Crippen LogP contribution in [0.3, 0.4) is 0 Å². The second-order valence-electron chi connectivity index (χ2n) is 4.57. The van der Waals surface area contributed by atoms with Crippen LogP contribution in [0.4, 0.5) is 62.2 Å². The van der Waals surface area contributed by atoms with Crippen molar-refractivity contribution in [3.05, 3.63) is 5.51 Å². The minimum Gasteiger partial charge on any atom is -0.295 e. The average molecular weight is 447 g/mol. The van der Waals surface area contributed by atoms with Crippen molar-refractivity contribution in [1.29, 1.82) is 0 Å². The van der Waals surface area contributed by atoms with Crippen molar-refractivity contribution in [3.63, 3.8) is 0 Å². The van der Waals surface area contributed by atoms with Crippen LogP contribution in [0.15, 0.2) is 5.51 Å². The molecule has 1 N–H and O–H groups in total. The first kappa shape index (κ1) is 23.2. The molecule has 0 aliphatic heterocycles. The van der Waals surface area contributed by atoms with E-state index in [2.05, 4.69) is 10.2 Å². The number of alkyl halides is 13. The normalized spacial score (nSPS) is 15.0. The molecule has 0 aliphatic rings.